The molecule has 0 bridgehead atoms. The number of rotatable bonds is 5. The summed E-state index contributed by atoms with van der Waals surface area (Å²) >= 11 is 3.92. The molecule has 4 rings (SSSR count). The lowest BCUT2D eigenvalue weighted by atomic mass is 9.44. The minimum absolute atomic E-state index is 0.0170. The van der Waals surface area contributed by atoms with Gasteiger partial charge in [-0.1, -0.05) is 69.8 Å². The number of halogens is 2. The van der Waals surface area contributed by atoms with Gasteiger partial charge in [0.25, 0.3) is 0 Å². The number of fused-ring (bicyclic) bond motifs is 5. The van der Waals surface area contributed by atoms with Crippen molar-refractivity contribution in [2.75, 3.05) is 0 Å². The summed E-state index contributed by atoms with van der Waals surface area (Å²) in [6, 6.07) is 0. The molecule has 4 aliphatic rings. The van der Waals surface area contributed by atoms with Crippen molar-refractivity contribution in [1.29, 1.82) is 0 Å². The molecule has 4 fully saturated rings. The van der Waals surface area contributed by atoms with Crippen LogP contribution in [0.25, 0.3) is 0 Å². The zero-order chi connectivity index (χ0) is 21.9. The molecule has 0 radical (unpaired) electrons. The van der Waals surface area contributed by atoms with Gasteiger partial charge in [0, 0.05) is 0 Å². The Kier molecular flexibility index (Phi) is 6.51. The van der Waals surface area contributed by atoms with Gasteiger partial charge in [-0.2, -0.15) is 0 Å². The summed E-state index contributed by atoms with van der Waals surface area (Å²) in [6.45, 7) is 12.1. The fraction of sp³-hybridized carbons (Fsp3) is 1.00. The third-order valence-corrected chi connectivity index (χ3v) is 12.6. The Morgan fingerprint density at radius 1 is 1.00 bits per heavy atom. The van der Waals surface area contributed by atoms with Crippen LogP contribution < -0.4 is 0 Å². The van der Waals surface area contributed by atoms with Crippen LogP contribution in [0.5, 0.6) is 0 Å². The summed E-state index contributed by atoms with van der Waals surface area (Å²) < 4.78 is 15.3. The highest BCUT2D eigenvalue weighted by Gasteiger charge is 2.67. The van der Waals surface area contributed by atoms with Crippen LogP contribution >= 0.6 is 15.9 Å². The third-order valence-electron chi connectivity index (χ3n) is 10.9. The molecule has 0 heterocycles. The Morgan fingerprint density at radius 3 is 2.43 bits per heavy atom. The van der Waals surface area contributed by atoms with Crippen LogP contribution in [0, 0.1) is 46.3 Å². The summed E-state index contributed by atoms with van der Waals surface area (Å²) in [5.41, 5.74) is 0.395. The average Bonchev–Trinajstić information content (AvgIpc) is 3.01. The Hall–Kier alpha value is 0.370. The van der Waals surface area contributed by atoms with Crippen LogP contribution in [0.3, 0.4) is 0 Å². The lowest BCUT2D eigenvalue weighted by Gasteiger charge is -2.65. The van der Waals surface area contributed by atoms with Gasteiger partial charge in [0.15, 0.2) is 0 Å². The summed E-state index contributed by atoms with van der Waals surface area (Å²) in [7, 11) is 0. The Morgan fingerprint density at radius 2 is 1.73 bits per heavy atom. The number of hydrogen-bond acceptors (Lipinski definition) is 1. The van der Waals surface area contributed by atoms with Crippen molar-refractivity contribution in [3.63, 3.8) is 0 Å². The smallest absolute Gasteiger partial charge is 0.116 e. The molecule has 3 unspecified atom stereocenters. The molecule has 4 aliphatic carbocycles. The zero-order valence-corrected chi connectivity index (χ0v) is 21.7. The van der Waals surface area contributed by atoms with E-state index >= 15 is 4.39 Å². The molecule has 1 nitrogen and oxygen atoms in total. The van der Waals surface area contributed by atoms with Crippen molar-refractivity contribution in [2.45, 2.75) is 122 Å². The fourth-order valence-electron chi connectivity index (χ4n) is 9.19. The van der Waals surface area contributed by atoms with Crippen LogP contribution in [0.2, 0.25) is 0 Å². The number of aliphatic hydroxyl groups excluding tert-OH is 1. The Balaban J connectivity index is 1.53. The quantitative estimate of drug-likeness (QED) is 0.392. The highest BCUT2D eigenvalue weighted by molar-refractivity contribution is 9.10. The Bertz CT molecular complexity index is 624. The van der Waals surface area contributed by atoms with E-state index < -0.39 is 10.5 Å². The molecule has 0 spiro atoms. The number of hydrogen-bond donors (Lipinski definition) is 1. The number of aliphatic hydroxyl groups is 1. The number of alkyl halides is 2. The van der Waals surface area contributed by atoms with Crippen LogP contribution in [-0.4, -0.2) is 21.7 Å². The van der Waals surface area contributed by atoms with Gasteiger partial charge in [-0.15, -0.1) is 0 Å². The van der Waals surface area contributed by atoms with Gasteiger partial charge in [0.05, 0.1) is 10.4 Å². The first-order chi connectivity index (χ1) is 14.0. The lowest BCUT2D eigenvalue weighted by molar-refractivity contribution is -0.139. The fourth-order valence-corrected chi connectivity index (χ4v) is 10.2. The highest BCUT2D eigenvalue weighted by Crippen LogP contribution is 2.71. The molecule has 1 N–H and O–H groups in total. The van der Waals surface area contributed by atoms with Crippen molar-refractivity contribution in [1.82, 2.24) is 0 Å². The van der Waals surface area contributed by atoms with Gasteiger partial charge < -0.3 is 5.11 Å². The van der Waals surface area contributed by atoms with Gasteiger partial charge in [-0.05, 0) is 97.7 Å². The molecule has 4 saturated carbocycles. The summed E-state index contributed by atoms with van der Waals surface area (Å²) in [6.07, 6.45) is 11.3. The maximum absolute atomic E-state index is 15.8. The maximum Gasteiger partial charge on any atom is 0.116 e. The van der Waals surface area contributed by atoms with Gasteiger partial charge in [0.1, 0.15) is 6.17 Å². The lowest BCUT2D eigenvalue weighted by Crippen LogP contribution is -2.64. The van der Waals surface area contributed by atoms with E-state index in [2.05, 4.69) is 50.5 Å². The standard InChI is InChI=1S/C27H46BrFO/c1-17(2)7-6-8-18(3)21-9-10-22-20-15-24(29)27(28)16-19(30)11-14-26(27,5)23(20)12-13-25(21,22)4/h17-24,30H,6-16H2,1-5H3/t18-,19?,20+,21-,22+,23+,24?,25-,26-,27?/m1/s1. The monoisotopic (exact) mass is 484 g/mol. The minimum atomic E-state index is -0.830. The molecule has 0 aromatic heterocycles. The van der Waals surface area contributed by atoms with E-state index in [1.807, 2.05) is 0 Å². The molecule has 30 heavy (non-hydrogen) atoms. The van der Waals surface area contributed by atoms with Crippen molar-refractivity contribution < 1.29 is 9.50 Å². The Labute approximate surface area is 193 Å². The van der Waals surface area contributed by atoms with Crippen molar-refractivity contribution >= 4 is 15.9 Å². The predicted octanol–water partition coefficient (Wildman–Crippen LogP) is 7.93. The normalized spacial score (nSPS) is 51.9. The van der Waals surface area contributed by atoms with E-state index in [1.54, 1.807) is 0 Å². The second-order valence-corrected chi connectivity index (χ2v) is 14.2. The molecule has 10 atom stereocenters. The average molecular weight is 486 g/mol. The second kappa shape index (κ2) is 8.30. The predicted molar refractivity (Wildman–Crippen MR) is 128 cm³/mol. The largest absolute Gasteiger partial charge is 0.393 e. The molecule has 0 aromatic carbocycles. The molecular formula is C27H46BrFO. The van der Waals surface area contributed by atoms with E-state index in [9.17, 15) is 5.11 Å². The van der Waals surface area contributed by atoms with Gasteiger partial charge in [0.2, 0.25) is 0 Å². The third kappa shape index (κ3) is 3.55. The maximum atomic E-state index is 15.8. The van der Waals surface area contributed by atoms with Crippen molar-refractivity contribution in [3.05, 3.63) is 0 Å². The highest BCUT2D eigenvalue weighted by atomic mass is 79.9. The first-order valence-corrected chi connectivity index (χ1v) is 13.8. The summed E-state index contributed by atoms with van der Waals surface area (Å²) in [5.74, 6) is 4.29. The van der Waals surface area contributed by atoms with E-state index in [0.29, 0.717) is 36.0 Å². The molecular weight excluding hydrogens is 439 g/mol. The van der Waals surface area contributed by atoms with E-state index in [0.717, 1.165) is 30.6 Å². The summed E-state index contributed by atoms with van der Waals surface area (Å²) in [4.78, 5) is 0. The molecule has 0 saturated heterocycles. The second-order valence-electron chi connectivity index (χ2n) is 12.8. The van der Waals surface area contributed by atoms with E-state index in [4.69, 9.17) is 0 Å². The van der Waals surface area contributed by atoms with E-state index in [-0.39, 0.29) is 11.5 Å². The summed E-state index contributed by atoms with van der Waals surface area (Å²) in [5, 5.41) is 10.3. The molecule has 0 aliphatic heterocycles. The van der Waals surface area contributed by atoms with Crippen LogP contribution in [-0.2, 0) is 0 Å². The van der Waals surface area contributed by atoms with Crippen molar-refractivity contribution in [3.8, 4) is 0 Å². The van der Waals surface area contributed by atoms with Crippen LogP contribution in [0.1, 0.15) is 105 Å². The minimum Gasteiger partial charge on any atom is -0.393 e. The molecule has 0 amide bonds. The zero-order valence-electron chi connectivity index (χ0n) is 20.1. The first-order valence-electron chi connectivity index (χ1n) is 13.0. The van der Waals surface area contributed by atoms with Gasteiger partial charge in [-0.25, -0.2) is 4.39 Å². The van der Waals surface area contributed by atoms with Crippen LogP contribution in [0.4, 0.5) is 4.39 Å². The SMILES string of the molecule is CC(C)CCC[C@@H](C)[C@H]1CC[C@H]2[C@@H]3CC(F)C4(Br)CC(O)CC[C@]4(C)[C@H]3CC[C@]12C. The van der Waals surface area contributed by atoms with Crippen LogP contribution in [0.15, 0.2) is 0 Å². The molecule has 174 valence electrons. The molecule has 0 aromatic rings. The van der Waals surface area contributed by atoms with E-state index in [1.165, 1.54) is 44.9 Å². The topological polar surface area (TPSA) is 20.2 Å². The first kappa shape index (κ1) is 23.5. The molecule has 3 heteroatoms. The van der Waals surface area contributed by atoms with Crippen molar-refractivity contribution in [2.24, 2.45) is 46.3 Å². The van der Waals surface area contributed by atoms with Gasteiger partial charge in [-0.3, -0.25) is 0 Å². The van der Waals surface area contributed by atoms with Gasteiger partial charge >= 0.3 is 0 Å².